The molecule has 3 aromatic heterocycles. The van der Waals surface area contributed by atoms with Gasteiger partial charge in [-0.3, -0.25) is 0 Å². The molecule has 0 aliphatic rings. The molecule has 3 heterocycles. The number of aromatic nitrogens is 6. The average Bonchev–Trinajstić information content (AvgIpc) is 3.69. The second-order valence-corrected chi connectivity index (χ2v) is 9.68. The number of ether oxygens (including phenoxy) is 1. The second-order valence-electron chi connectivity index (χ2n) is 8.55. The van der Waals surface area contributed by atoms with Gasteiger partial charge >= 0.3 is 5.97 Å². The van der Waals surface area contributed by atoms with Gasteiger partial charge in [0.15, 0.2) is 0 Å². The molecule has 0 unspecified atom stereocenters. The number of imidazole rings is 1. The number of fused-ring (bicyclic) bond motifs is 1. The normalized spacial score (nSPS) is 11.2. The number of carbonyl (C=O) groups is 1. The van der Waals surface area contributed by atoms with Crippen LogP contribution in [0.5, 0.6) is 0 Å². The Hall–Kier alpha value is -4.63. The van der Waals surface area contributed by atoms with E-state index in [-0.39, 0.29) is 5.97 Å². The van der Waals surface area contributed by atoms with Crippen molar-refractivity contribution in [2.45, 2.75) is 13.5 Å². The lowest BCUT2D eigenvalue weighted by atomic mass is 9.98. The fraction of sp³-hybridized carbons (Fsp3) is 0.107. The standard InChI is InChI=1S/C28H22N6O2S/c1-17-20(14-15-37-17)27-29-24-9-5-8-23(28(35)36-2)25(24)34(27)16-18-10-12-19(13-11-18)21-6-3-4-7-22(21)26-30-32-33-31-26/h3-15H,16H2,1-2H3,(H,30,31,32,33). The Morgan fingerprint density at radius 3 is 2.49 bits per heavy atom. The summed E-state index contributed by atoms with van der Waals surface area (Å²) in [5.41, 5.74) is 7.13. The van der Waals surface area contributed by atoms with E-state index in [1.165, 1.54) is 12.0 Å². The molecule has 6 rings (SSSR count). The molecule has 3 aromatic carbocycles. The highest BCUT2D eigenvalue weighted by atomic mass is 32.1. The van der Waals surface area contributed by atoms with Crippen LogP contribution in [0.15, 0.2) is 78.2 Å². The number of tetrazole rings is 1. The molecule has 1 N–H and O–H groups in total. The Bertz CT molecular complexity index is 1720. The van der Waals surface area contributed by atoms with E-state index in [0.717, 1.165) is 44.7 Å². The molecule has 0 fully saturated rings. The molecule has 182 valence electrons. The van der Waals surface area contributed by atoms with Gasteiger partial charge < -0.3 is 9.30 Å². The smallest absolute Gasteiger partial charge is 0.340 e. The molecule has 6 aromatic rings. The molecule has 9 heteroatoms. The molecule has 0 amide bonds. The van der Waals surface area contributed by atoms with E-state index in [1.54, 1.807) is 17.4 Å². The Labute approximate surface area is 216 Å². The van der Waals surface area contributed by atoms with E-state index in [1.807, 2.05) is 36.4 Å². The van der Waals surface area contributed by atoms with Crippen LogP contribution >= 0.6 is 11.3 Å². The molecule has 8 nitrogen and oxygen atoms in total. The van der Waals surface area contributed by atoms with Crippen LogP contribution in [-0.2, 0) is 11.3 Å². The van der Waals surface area contributed by atoms with Gasteiger partial charge in [0.2, 0.25) is 5.82 Å². The van der Waals surface area contributed by atoms with Crippen molar-refractivity contribution in [2.24, 2.45) is 0 Å². The predicted molar refractivity (Wildman–Crippen MR) is 143 cm³/mol. The van der Waals surface area contributed by atoms with Gasteiger partial charge in [-0.15, -0.1) is 21.5 Å². The summed E-state index contributed by atoms with van der Waals surface area (Å²) in [5.74, 6) is 1.00. The predicted octanol–water partition coefficient (Wildman–Crippen LogP) is 5.76. The van der Waals surface area contributed by atoms with Crippen molar-refractivity contribution in [3.05, 3.63) is 94.2 Å². The molecular weight excluding hydrogens is 484 g/mol. The van der Waals surface area contributed by atoms with Gasteiger partial charge in [-0.1, -0.05) is 54.6 Å². The molecule has 0 atom stereocenters. The van der Waals surface area contributed by atoms with Gasteiger partial charge in [0.05, 0.1) is 23.7 Å². The molecule has 37 heavy (non-hydrogen) atoms. The van der Waals surface area contributed by atoms with E-state index in [4.69, 9.17) is 9.72 Å². The first-order chi connectivity index (χ1) is 18.1. The lowest BCUT2D eigenvalue weighted by molar-refractivity contribution is 0.0602. The third-order valence-electron chi connectivity index (χ3n) is 6.39. The molecule has 0 saturated carbocycles. The Morgan fingerprint density at radius 2 is 1.78 bits per heavy atom. The first kappa shape index (κ1) is 22.8. The fourth-order valence-corrected chi connectivity index (χ4v) is 5.31. The quantitative estimate of drug-likeness (QED) is 0.289. The summed E-state index contributed by atoms with van der Waals surface area (Å²) in [6.07, 6.45) is 0. The largest absolute Gasteiger partial charge is 0.465 e. The number of hydrogen-bond donors (Lipinski definition) is 1. The van der Waals surface area contributed by atoms with E-state index in [0.29, 0.717) is 17.9 Å². The number of methoxy groups -OCH3 is 1. The SMILES string of the molecule is COC(=O)c1cccc2nc(-c3ccsc3C)n(Cc3ccc(-c4ccccc4-c4nn[nH]n4)cc3)c12. The maximum Gasteiger partial charge on any atom is 0.340 e. The Kier molecular flexibility index (Phi) is 5.82. The van der Waals surface area contributed by atoms with Gasteiger partial charge in [-0.25, -0.2) is 9.78 Å². The number of hydrogen-bond acceptors (Lipinski definition) is 7. The summed E-state index contributed by atoms with van der Waals surface area (Å²) in [4.78, 5) is 18.8. The highest BCUT2D eigenvalue weighted by Crippen LogP contribution is 2.33. The zero-order valence-corrected chi connectivity index (χ0v) is 21.0. The maximum atomic E-state index is 12.6. The number of aryl methyl sites for hydroxylation is 1. The van der Waals surface area contributed by atoms with Crippen LogP contribution < -0.4 is 0 Å². The number of benzene rings is 3. The van der Waals surface area contributed by atoms with Gasteiger partial charge in [0.1, 0.15) is 5.82 Å². The molecule has 0 radical (unpaired) electrons. The van der Waals surface area contributed by atoms with Gasteiger partial charge in [-0.2, -0.15) is 5.21 Å². The van der Waals surface area contributed by atoms with Gasteiger partial charge in [0, 0.05) is 22.5 Å². The minimum Gasteiger partial charge on any atom is -0.465 e. The number of aromatic amines is 1. The maximum absolute atomic E-state index is 12.6. The van der Waals surface area contributed by atoms with Crippen LogP contribution in [0.25, 0.3) is 44.9 Å². The number of H-pyrrole nitrogens is 1. The van der Waals surface area contributed by atoms with E-state index >= 15 is 0 Å². The number of thiophene rings is 1. The van der Waals surface area contributed by atoms with E-state index in [2.05, 4.69) is 67.8 Å². The number of carbonyl (C=O) groups excluding carboxylic acids is 1. The van der Waals surface area contributed by atoms with Crippen LogP contribution in [-0.4, -0.2) is 43.3 Å². The van der Waals surface area contributed by atoms with Crippen molar-refractivity contribution in [2.75, 3.05) is 7.11 Å². The van der Waals surface area contributed by atoms with Crippen molar-refractivity contribution < 1.29 is 9.53 Å². The third-order valence-corrected chi connectivity index (χ3v) is 7.24. The molecule has 0 saturated heterocycles. The third kappa shape index (κ3) is 4.09. The minimum absolute atomic E-state index is 0.381. The number of esters is 1. The van der Waals surface area contributed by atoms with Crippen molar-refractivity contribution in [1.82, 2.24) is 30.2 Å². The van der Waals surface area contributed by atoms with Crippen molar-refractivity contribution in [3.8, 4) is 33.9 Å². The summed E-state index contributed by atoms with van der Waals surface area (Å²) in [5, 5.41) is 16.6. The number of para-hydroxylation sites is 1. The van der Waals surface area contributed by atoms with Gasteiger partial charge in [-0.05, 0) is 52.4 Å². The highest BCUT2D eigenvalue weighted by molar-refractivity contribution is 7.10. The average molecular weight is 507 g/mol. The van der Waals surface area contributed by atoms with Crippen LogP contribution in [0, 0.1) is 6.92 Å². The first-order valence-electron chi connectivity index (χ1n) is 11.7. The number of nitrogens with zero attached hydrogens (tertiary/aromatic N) is 5. The van der Waals surface area contributed by atoms with Crippen LogP contribution in [0.3, 0.4) is 0 Å². The number of rotatable bonds is 6. The monoisotopic (exact) mass is 506 g/mol. The fourth-order valence-electron chi connectivity index (χ4n) is 4.61. The summed E-state index contributed by atoms with van der Waals surface area (Å²) in [6.45, 7) is 2.63. The summed E-state index contributed by atoms with van der Waals surface area (Å²) in [6, 6.07) is 24.0. The molecule has 0 aliphatic carbocycles. The topological polar surface area (TPSA) is 98.6 Å². The zero-order valence-electron chi connectivity index (χ0n) is 20.2. The summed E-state index contributed by atoms with van der Waals surface area (Å²) < 4.78 is 7.19. The number of nitrogens with one attached hydrogen (secondary N) is 1. The minimum atomic E-state index is -0.381. The summed E-state index contributed by atoms with van der Waals surface area (Å²) >= 11 is 1.68. The molecule has 0 spiro atoms. The van der Waals surface area contributed by atoms with Crippen molar-refractivity contribution in [3.63, 3.8) is 0 Å². The zero-order chi connectivity index (χ0) is 25.4. The Balaban J connectivity index is 1.44. The van der Waals surface area contributed by atoms with Crippen LogP contribution in [0.2, 0.25) is 0 Å². The molecule has 0 aliphatic heterocycles. The second kappa shape index (κ2) is 9.44. The lowest BCUT2D eigenvalue weighted by Crippen LogP contribution is -2.08. The summed E-state index contributed by atoms with van der Waals surface area (Å²) in [7, 11) is 1.40. The van der Waals surface area contributed by atoms with Crippen LogP contribution in [0.4, 0.5) is 0 Å². The van der Waals surface area contributed by atoms with Gasteiger partial charge in [0.25, 0.3) is 0 Å². The lowest BCUT2D eigenvalue weighted by Gasteiger charge is -2.13. The van der Waals surface area contributed by atoms with Crippen molar-refractivity contribution in [1.29, 1.82) is 0 Å². The molecular formula is C28H22N6O2S. The highest BCUT2D eigenvalue weighted by Gasteiger charge is 2.21. The van der Waals surface area contributed by atoms with Crippen molar-refractivity contribution >= 4 is 28.3 Å². The Morgan fingerprint density at radius 1 is 0.973 bits per heavy atom. The van der Waals surface area contributed by atoms with E-state index < -0.39 is 0 Å². The van der Waals surface area contributed by atoms with Crippen LogP contribution in [0.1, 0.15) is 20.8 Å². The molecule has 0 bridgehead atoms. The first-order valence-corrected chi connectivity index (χ1v) is 12.6. The van der Waals surface area contributed by atoms with E-state index in [9.17, 15) is 4.79 Å².